The summed E-state index contributed by atoms with van der Waals surface area (Å²) in [5.74, 6) is 0.618. The fourth-order valence-electron chi connectivity index (χ4n) is 5.42. The molecule has 0 unspecified atom stereocenters. The second kappa shape index (κ2) is 10.2. The number of benzene rings is 2. The van der Waals surface area contributed by atoms with Crippen molar-refractivity contribution in [1.29, 1.82) is 0 Å². The second-order valence-corrected chi connectivity index (χ2v) is 10.3. The predicted octanol–water partition coefficient (Wildman–Crippen LogP) is 4.55. The van der Waals surface area contributed by atoms with Crippen LogP contribution < -0.4 is 0 Å². The highest BCUT2D eigenvalue weighted by Crippen LogP contribution is 2.34. The van der Waals surface area contributed by atoms with Crippen molar-refractivity contribution in [3.05, 3.63) is 78.1 Å². The zero-order valence-electron chi connectivity index (χ0n) is 20.2. The van der Waals surface area contributed by atoms with E-state index in [2.05, 4.69) is 70.2 Å². The van der Waals surface area contributed by atoms with Gasteiger partial charge in [0.15, 0.2) is 0 Å². The lowest BCUT2D eigenvalue weighted by atomic mass is 9.78. The Balaban J connectivity index is 1.20. The van der Waals surface area contributed by atoms with Gasteiger partial charge in [-0.05, 0) is 61.0 Å². The molecule has 0 aliphatic carbocycles. The van der Waals surface area contributed by atoms with E-state index >= 15 is 0 Å². The number of amides is 1. The Hall–Kier alpha value is -2.76. The number of aromatic nitrogens is 1. The summed E-state index contributed by atoms with van der Waals surface area (Å²) in [7, 11) is 0. The van der Waals surface area contributed by atoms with Crippen LogP contribution in [0.5, 0.6) is 0 Å². The smallest absolute Gasteiger partial charge is 0.228 e. The molecular weight excluding hydrogens is 422 g/mol. The summed E-state index contributed by atoms with van der Waals surface area (Å²) in [5, 5.41) is 2.37. The first kappa shape index (κ1) is 23.0. The molecule has 0 N–H and O–H groups in total. The van der Waals surface area contributed by atoms with Crippen molar-refractivity contribution in [2.75, 3.05) is 39.4 Å². The number of piperidine rings is 1. The average Bonchev–Trinajstić information content (AvgIpc) is 3.11. The predicted molar refractivity (Wildman–Crippen MR) is 135 cm³/mol. The van der Waals surface area contributed by atoms with E-state index in [0.717, 1.165) is 50.8 Å². The van der Waals surface area contributed by atoms with E-state index in [-0.39, 0.29) is 5.41 Å². The third kappa shape index (κ3) is 5.31. The molecule has 5 nitrogen and oxygen atoms in total. The van der Waals surface area contributed by atoms with E-state index in [4.69, 9.17) is 4.74 Å². The SMILES string of the molecule is CC1(C(=O)N2CCOC[C@@H](Cc3ccc4ccncc4c3)C2)CCN(Cc2ccccc2)CC1. The quantitative estimate of drug-likeness (QED) is 0.564. The van der Waals surface area contributed by atoms with Crippen LogP contribution in [0.25, 0.3) is 10.8 Å². The van der Waals surface area contributed by atoms with E-state index in [1.54, 1.807) is 0 Å². The standard InChI is InChI=1S/C29H35N3O2/c1-29(10-13-31(14-11-29)20-23-5-3-2-4-6-23)28(33)32-15-16-34-22-25(21-32)17-24-7-8-26-9-12-30-19-27(26)18-24/h2-9,12,18-19,25H,10-11,13-17,20-22H2,1H3/t25-/m0/s1. The summed E-state index contributed by atoms with van der Waals surface area (Å²) in [4.78, 5) is 22.5. The van der Waals surface area contributed by atoms with Crippen molar-refractivity contribution in [2.45, 2.75) is 32.7 Å². The summed E-state index contributed by atoms with van der Waals surface area (Å²) in [6, 6.07) is 19.2. The fraction of sp³-hybridized carbons (Fsp3) is 0.448. The van der Waals surface area contributed by atoms with Gasteiger partial charge in [-0.1, -0.05) is 49.4 Å². The molecule has 3 heterocycles. The summed E-state index contributed by atoms with van der Waals surface area (Å²) < 4.78 is 5.94. The molecule has 34 heavy (non-hydrogen) atoms. The van der Waals surface area contributed by atoms with E-state index < -0.39 is 0 Å². The van der Waals surface area contributed by atoms with Crippen LogP contribution in [0.1, 0.15) is 30.9 Å². The minimum atomic E-state index is -0.281. The summed E-state index contributed by atoms with van der Waals surface area (Å²) in [6.07, 6.45) is 6.49. The maximum absolute atomic E-state index is 13.7. The van der Waals surface area contributed by atoms with Crippen LogP contribution in [-0.4, -0.2) is 60.1 Å². The topological polar surface area (TPSA) is 45.7 Å². The average molecular weight is 458 g/mol. The van der Waals surface area contributed by atoms with Crippen molar-refractivity contribution < 1.29 is 9.53 Å². The molecule has 1 atom stereocenters. The number of carbonyl (C=O) groups excluding carboxylic acids is 1. The molecule has 178 valence electrons. The molecule has 1 aromatic heterocycles. The molecule has 2 aromatic carbocycles. The minimum Gasteiger partial charge on any atom is -0.379 e. The van der Waals surface area contributed by atoms with Crippen LogP contribution >= 0.6 is 0 Å². The maximum atomic E-state index is 13.7. The Morgan fingerprint density at radius 3 is 2.68 bits per heavy atom. The molecule has 2 aliphatic rings. The lowest BCUT2D eigenvalue weighted by molar-refractivity contribution is -0.144. The van der Waals surface area contributed by atoms with Crippen molar-refractivity contribution >= 4 is 16.7 Å². The number of nitrogens with zero attached hydrogens (tertiary/aromatic N) is 3. The number of fused-ring (bicyclic) bond motifs is 1. The minimum absolute atomic E-state index is 0.281. The van der Waals surface area contributed by atoms with Crippen molar-refractivity contribution in [3.8, 4) is 0 Å². The lowest BCUT2D eigenvalue weighted by Gasteiger charge is -2.41. The lowest BCUT2D eigenvalue weighted by Crippen LogP contribution is -2.50. The summed E-state index contributed by atoms with van der Waals surface area (Å²) >= 11 is 0. The normalized spacial score (nSPS) is 21.3. The number of likely N-dealkylation sites (tertiary alicyclic amines) is 1. The molecule has 5 heteroatoms. The Bertz CT molecular complexity index is 1110. The molecule has 0 radical (unpaired) electrons. The maximum Gasteiger partial charge on any atom is 0.228 e. The Labute approximate surface area is 202 Å². The van der Waals surface area contributed by atoms with E-state index in [1.807, 2.05) is 18.5 Å². The van der Waals surface area contributed by atoms with Crippen LogP contribution in [0.15, 0.2) is 67.0 Å². The van der Waals surface area contributed by atoms with Gasteiger partial charge >= 0.3 is 0 Å². The summed E-state index contributed by atoms with van der Waals surface area (Å²) in [5.41, 5.74) is 2.34. The van der Waals surface area contributed by atoms with E-state index in [9.17, 15) is 4.79 Å². The van der Waals surface area contributed by atoms with Gasteiger partial charge in [0.25, 0.3) is 0 Å². The van der Waals surface area contributed by atoms with Gasteiger partial charge in [0.05, 0.1) is 13.2 Å². The first-order valence-corrected chi connectivity index (χ1v) is 12.6. The van der Waals surface area contributed by atoms with Gasteiger partial charge in [-0.2, -0.15) is 0 Å². The molecule has 5 rings (SSSR count). The van der Waals surface area contributed by atoms with Crippen molar-refractivity contribution in [3.63, 3.8) is 0 Å². The molecule has 0 spiro atoms. The van der Waals surface area contributed by atoms with Gasteiger partial charge in [0, 0.05) is 48.7 Å². The first-order valence-electron chi connectivity index (χ1n) is 12.6. The third-order valence-electron chi connectivity index (χ3n) is 7.58. The van der Waals surface area contributed by atoms with Crippen molar-refractivity contribution in [1.82, 2.24) is 14.8 Å². The largest absolute Gasteiger partial charge is 0.379 e. The van der Waals surface area contributed by atoms with Gasteiger partial charge in [-0.15, -0.1) is 0 Å². The number of pyridine rings is 1. The van der Waals surface area contributed by atoms with Crippen LogP contribution in [-0.2, 0) is 22.5 Å². The molecular formula is C29H35N3O2. The highest BCUT2D eigenvalue weighted by molar-refractivity contribution is 5.83. The highest BCUT2D eigenvalue weighted by Gasteiger charge is 2.40. The third-order valence-corrected chi connectivity index (χ3v) is 7.58. The molecule has 2 aliphatic heterocycles. The van der Waals surface area contributed by atoms with Crippen LogP contribution in [0.3, 0.4) is 0 Å². The fourth-order valence-corrected chi connectivity index (χ4v) is 5.42. The van der Waals surface area contributed by atoms with Gasteiger partial charge in [-0.3, -0.25) is 14.7 Å². The van der Waals surface area contributed by atoms with Gasteiger partial charge < -0.3 is 9.64 Å². The Morgan fingerprint density at radius 2 is 1.85 bits per heavy atom. The zero-order valence-corrected chi connectivity index (χ0v) is 20.2. The molecule has 0 bridgehead atoms. The van der Waals surface area contributed by atoms with Crippen molar-refractivity contribution in [2.24, 2.45) is 11.3 Å². The summed E-state index contributed by atoms with van der Waals surface area (Å²) in [6.45, 7) is 7.87. The first-order chi connectivity index (χ1) is 16.6. The van der Waals surface area contributed by atoms with Crippen LogP contribution in [0.4, 0.5) is 0 Å². The number of hydrogen-bond acceptors (Lipinski definition) is 4. The van der Waals surface area contributed by atoms with Crippen LogP contribution in [0.2, 0.25) is 0 Å². The molecule has 3 aromatic rings. The molecule has 2 fully saturated rings. The molecule has 2 saturated heterocycles. The monoisotopic (exact) mass is 457 g/mol. The Morgan fingerprint density at radius 1 is 1.03 bits per heavy atom. The molecule has 0 saturated carbocycles. The molecule has 1 amide bonds. The number of carbonyl (C=O) groups is 1. The highest BCUT2D eigenvalue weighted by atomic mass is 16.5. The number of hydrogen-bond donors (Lipinski definition) is 0. The van der Waals surface area contributed by atoms with Gasteiger partial charge in [-0.25, -0.2) is 0 Å². The van der Waals surface area contributed by atoms with Gasteiger partial charge in [0.2, 0.25) is 5.91 Å². The van der Waals surface area contributed by atoms with Crippen LogP contribution in [0, 0.1) is 11.3 Å². The van der Waals surface area contributed by atoms with E-state index in [0.29, 0.717) is 31.6 Å². The second-order valence-electron chi connectivity index (χ2n) is 10.3. The van der Waals surface area contributed by atoms with E-state index in [1.165, 1.54) is 16.5 Å². The number of rotatable bonds is 5. The Kier molecular flexibility index (Phi) is 6.93. The van der Waals surface area contributed by atoms with Gasteiger partial charge in [0.1, 0.15) is 0 Å². The number of ether oxygens (including phenoxy) is 1. The zero-order chi connectivity index (χ0) is 23.4.